The van der Waals surface area contributed by atoms with E-state index in [1.807, 2.05) is 0 Å². The Bertz CT molecular complexity index is 20.0. The van der Waals surface area contributed by atoms with E-state index in [1.165, 1.54) is 0 Å². The van der Waals surface area contributed by atoms with Crippen LogP contribution in [0.2, 0.25) is 0 Å². The highest BCUT2D eigenvalue weighted by Gasteiger charge is 1.55. The first-order valence-electron chi connectivity index (χ1n) is 0.960. The molecule has 0 saturated carbocycles. The normalized spacial score (nSPS) is 5.25. The monoisotopic (exact) mass is 117 g/mol. The summed E-state index contributed by atoms with van der Waals surface area (Å²) >= 11 is 3.01. The van der Waals surface area contributed by atoms with Gasteiger partial charge < -0.3 is 0 Å². The fourth-order valence-corrected chi connectivity index (χ4v) is 0. The lowest BCUT2D eigenvalue weighted by atomic mass is 10.2. The summed E-state index contributed by atoms with van der Waals surface area (Å²) in [6, 6.07) is 0. The van der Waals surface area contributed by atoms with Crippen LogP contribution in [0.5, 0.6) is 0 Å². The summed E-state index contributed by atoms with van der Waals surface area (Å²) in [4.78, 5) is 0. The molecule has 0 aliphatic carbocycles. The van der Waals surface area contributed by atoms with Gasteiger partial charge in [0.15, 0.2) is 0 Å². The van der Waals surface area contributed by atoms with Gasteiger partial charge in [-0.15, -0.1) is 12.6 Å². The van der Waals surface area contributed by atoms with E-state index in [1.54, 1.807) is 12.1 Å². The fourth-order valence-electron chi connectivity index (χ4n) is 0. The molecule has 4 heavy (non-hydrogen) atoms. The molecule has 0 atom stereocenters. The zero-order valence-electron chi connectivity index (χ0n) is 2.24. The Morgan fingerprint density at radius 3 is 2.25 bits per heavy atom. The van der Waals surface area contributed by atoms with E-state index >= 15 is 0 Å². The van der Waals surface area contributed by atoms with Crippen LogP contribution in [0, 0.1) is 0 Å². The molecule has 21 valence electrons. The molecule has 0 aliphatic heterocycles. The van der Waals surface area contributed by atoms with Gasteiger partial charge in [0.1, 0.15) is 0 Å². The third-order valence-corrected chi connectivity index (χ3v) is 0.463. The van der Waals surface area contributed by atoms with Crippen molar-refractivity contribution < 1.29 is 0 Å². The second-order valence-corrected chi connectivity index (χ2v) is 0.890. The highest BCUT2D eigenvalue weighted by molar-refractivity contribution is 9.23. The molecule has 0 fully saturated rings. The molecule has 0 rings (SSSR count). The van der Waals surface area contributed by atoms with E-state index in [0.29, 0.717) is 0 Å². The Hall–Kier alpha value is 0.285. The Morgan fingerprint density at radius 2 is 2.25 bits per heavy atom. The van der Waals surface area contributed by atoms with Crippen LogP contribution in [0.1, 0.15) is 0 Å². The van der Waals surface area contributed by atoms with E-state index in [4.69, 9.17) is 0 Å². The van der Waals surface area contributed by atoms with Gasteiger partial charge in [0.05, 0.1) is 0 Å². The summed E-state index contributed by atoms with van der Waals surface area (Å²) in [6.45, 7) is 3.38. The summed E-state index contributed by atoms with van der Waals surface area (Å²) in [5, 5.41) is 0. The fraction of sp³-hybridized carbons (Fsp3) is 0. The third-order valence-electron chi connectivity index (χ3n) is 0.0891. The average Bonchev–Trinajstić information content (AvgIpc) is 1.37. The van der Waals surface area contributed by atoms with Gasteiger partial charge in [-0.2, -0.15) is 15.8 Å². The molecular formula is C2H3BBr. The number of hydrogen-bond donors (Lipinski definition) is 0. The van der Waals surface area contributed by atoms with Gasteiger partial charge in [-0.1, -0.05) is 0 Å². The van der Waals surface area contributed by atoms with Crippen molar-refractivity contribution >= 4 is 21.9 Å². The standard InChI is InChI=1S/C2H3BBr/c1-2-3-4/h2H,1H2. The van der Waals surface area contributed by atoms with Crippen LogP contribution < -0.4 is 0 Å². The van der Waals surface area contributed by atoms with Gasteiger partial charge in [0.2, 0.25) is 6.10 Å². The molecule has 0 unspecified atom stereocenters. The Kier molecular flexibility index (Phi) is 3.52. The molecule has 0 saturated heterocycles. The molecule has 0 amide bonds. The summed E-state index contributed by atoms with van der Waals surface area (Å²) in [5.74, 6) is 1.67. The van der Waals surface area contributed by atoms with Crippen molar-refractivity contribution in [3.8, 4) is 0 Å². The minimum Gasteiger partial charge on any atom is -0.159 e. The Balaban J connectivity index is 2.30. The predicted octanol–water partition coefficient (Wildman–Crippen LogP) is 1.14. The highest BCUT2D eigenvalue weighted by Crippen LogP contribution is 1.67. The number of halogens is 1. The molecular weight excluding hydrogens is 115 g/mol. The summed E-state index contributed by atoms with van der Waals surface area (Å²) in [5.41, 5.74) is 0. The van der Waals surface area contributed by atoms with Gasteiger partial charge in [0.25, 0.3) is 0 Å². The topological polar surface area (TPSA) is 0 Å². The largest absolute Gasteiger partial charge is 0.234 e. The maximum absolute atomic E-state index is 3.38. The summed E-state index contributed by atoms with van der Waals surface area (Å²) < 4.78 is 0. The zero-order valence-corrected chi connectivity index (χ0v) is 3.83. The maximum atomic E-state index is 3.38. The molecule has 1 radical (unpaired) electrons. The molecule has 0 aliphatic rings. The molecule has 0 spiro atoms. The lowest BCUT2D eigenvalue weighted by Gasteiger charge is -1.50. The van der Waals surface area contributed by atoms with Crippen molar-refractivity contribution in [2.75, 3.05) is 0 Å². The van der Waals surface area contributed by atoms with Crippen molar-refractivity contribution in [3.63, 3.8) is 0 Å². The number of hydrogen-bond acceptors (Lipinski definition) is 0. The van der Waals surface area contributed by atoms with E-state index in [0.717, 1.165) is 0 Å². The van der Waals surface area contributed by atoms with Crippen molar-refractivity contribution in [3.05, 3.63) is 12.6 Å². The van der Waals surface area contributed by atoms with Crippen molar-refractivity contribution in [1.29, 1.82) is 0 Å². The minimum atomic E-state index is 1.67. The first-order chi connectivity index (χ1) is 1.91. The second-order valence-electron chi connectivity index (χ2n) is 0.362. The third kappa shape index (κ3) is 2.28. The molecule has 2 heteroatoms. The van der Waals surface area contributed by atoms with E-state index in [-0.39, 0.29) is 0 Å². The van der Waals surface area contributed by atoms with E-state index in [9.17, 15) is 0 Å². The number of rotatable bonds is 1. The highest BCUT2D eigenvalue weighted by atomic mass is 79.9. The molecule has 0 heterocycles. The predicted molar refractivity (Wildman–Crippen MR) is 24.9 cm³/mol. The van der Waals surface area contributed by atoms with Crippen LogP contribution in [0.25, 0.3) is 0 Å². The quantitative estimate of drug-likeness (QED) is 0.452. The van der Waals surface area contributed by atoms with Gasteiger partial charge >= 0.3 is 0 Å². The van der Waals surface area contributed by atoms with Crippen molar-refractivity contribution in [1.82, 2.24) is 0 Å². The summed E-state index contributed by atoms with van der Waals surface area (Å²) in [6.07, 6.45) is 1.70. The van der Waals surface area contributed by atoms with E-state index < -0.39 is 0 Å². The first kappa shape index (κ1) is 4.28. The van der Waals surface area contributed by atoms with E-state index in [2.05, 4.69) is 22.3 Å². The van der Waals surface area contributed by atoms with Gasteiger partial charge in [0, 0.05) is 0 Å². The van der Waals surface area contributed by atoms with Gasteiger partial charge in [-0.25, -0.2) is 0 Å². The molecule has 0 nitrogen and oxygen atoms in total. The lowest BCUT2D eigenvalue weighted by Crippen LogP contribution is -1.53. The molecule has 0 aromatic heterocycles. The smallest absolute Gasteiger partial charge is 0.159 e. The van der Waals surface area contributed by atoms with Crippen LogP contribution >= 0.6 is 15.8 Å². The first-order valence-corrected chi connectivity index (χ1v) is 1.88. The molecule has 0 N–H and O–H groups in total. The molecule has 0 aromatic carbocycles. The maximum Gasteiger partial charge on any atom is 0.234 e. The van der Waals surface area contributed by atoms with Crippen molar-refractivity contribution in [2.45, 2.75) is 0 Å². The Labute approximate surface area is 35.1 Å². The zero-order chi connectivity index (χ0) is 3.41. The van der Waals surface area contributed by atoms with Gasteiger partial charge in [-0.05, 0) is 0 Å². The van der Waals surface area contributed by atoms with Crippen molar-refractivity contribution in [2.24, 2.45) is 0 Å². The van der Waals surface area contributed by atoms with Crippen LogP contribution in [0.15, 0.2) is 12.6 Å². The minimum absolute atomic E-state index is 1.67. The molecule has 0 bridgehead atoms. The SMILES string of the molecule is C=C[B]Br. The van der Waals surface area contributed by atoms with Crippen LogP contribution in [-0.4, -0.2) is 6.10 Å². The van der Waals surface area contributed by atoms with Crippen LogP contribution in [0.3, 0.4) is 0 Å². The lowest BCUT2D eigenvalue weighted by molar-refractivity contribution is 2.62. The Morgan fingerprint density at radius 1 is 2.00 bits per heavy atom. The molecule has 0 aromatic rings. The summed E-state index contributed by atoms with van der Waals surface area (Å²) in [7, 11) is 0. The average molecular weight is 118 g/mol. The van der Waals surface area contributed by atoms with Crippen LogP contribution in [0.4, 0.5) is 0 Å². The van der Waals surface area contributed by atoms with Gasteiger partial charge in [-0.3, -0.25) is 0 Å². The second kappa shape index (κ2) is 3.28. The van der Waals surface area contributed by atoms with Crippen LogP contribution in [-0.2, 0) is 0 Å².